The zero-order valence-electron chi connectivity index (χ0n) is 12.0. The first-order valence-corrected chi connectivity index (χ1v) is 6.72. The fraction of sp³-hybridized carbons (Fsp3) is 0.188. The maximum atomic E-state index is 11.3. The van der Waals surface area contributed by atoms with Gasteiger partial charge in [-0.25, -0.2) is 4.98 Å². The molecular formula is C16H17N3O2. The number of carbonyl (C=O) groups excluding carboxylic acids is 2. The average molecular weight is 283 g/mol. The van der Waals surface area contributed by atoms with Gasteiger partial charge in [0.2, 0.25) is 5.91 Å². The van der Waals surface area contributed by atoms with E-state index >= 15 is 0 Å². The van der Waals surface area contributed by atoms with E-state index in [1.54, 1.807) is 31.3 Å². The molecule has 0 saturated carbocycles. The van der Waals surface area contributed by atoms with Crippen LogP contribution in [0.3, 0.4) is 0 Å². The van der Waals surface area contributed by atoms with Gasteiger partial charge in [-0.3, -0.25) is 9.59 Å². The second-order valence-corrected chi connectivity index (χ2v) is 4.60. The van der Waals surface area contributed by atoms with Crippen LogP contribution in [0.25, 0.3) is 0 Å². The highest BCUT2D eigenvalue weighted by molar-refractivity contribution is 5.95. The number of benzene rings is 1. The molecule has 21 heavy (non-hydrogen) atoms. The second-order valence-electron chi connectivity index (χ2n) is 4.60. The summed E-state index contributed by atoms with van der Waals surface area (Å²) in [5.74, 6) is 0.469. The molecule has 1 heterocycles. The fourth-order valence-electron chi connectivity index (χ4n) is 1.76. The highest BCUT2D eigenvalue weighted by atomic mass is 16.1. The number of aromatic nitrogens is 1. The molecule has 0 saturated heterocycles. The molecule has 0 unspecified atom stereocenters. The number of nitrogens with zero attached hydrogens (tertiary/aromatic N) is 1. The van der Waals surface area contributed by atoms with Crippen LogP contribution in [-0.2, 0) is 4.79 Å². The molecule has 0 aliphatic rings. The lowest BCUT2D eigenvalue weighted by atomic mass is 10.1. The third-order valence-electron chi connectivity index (χ3n) is 2.91. The van der Waals surface area contributed by atoms with Gasteiger partial charge in [0.15, 0.2) is 5.78 Å². The van der Waals surface area contributed by atoms with Crippen LogP contribution in [0.5, 0.6) is 0 Å². The smallest absolute Gasteiger partial charge is 0.225 e. The summed E-state index contributed by atoms with van der Waals surface area (Å²) in [6.45, 7) is 3.32. The first kappa shape index (κ1) is 14.7. The number of pyridine rings is 1. The summed E-state index contributed by atoms with van der Waals surface area (Å²) >= 11 is 0. The Balaban J connectivity index is 2.08. The van der Waals surface area contributed by atoms with Crippen LogP contribution in [0.15, 0.2) is 42.6 Å². The summed E-state index contributed by atoms with van der Waals surface area (Å²) in [5, 5.41) is 5.85. The third kappa shape index (κ3) is 4.14. The second kappa shape index (κ2) is 6.65. The number of anilines is 3. The van der Waals surface area contributed by atoms with Crippen molar-refractivity contribution in [3.63, 3.8) is 0 Å². The van der Waals surface area contributed by atoms with E-state index in [0.717, 1.165) is 11.4 Å². The Morgan fingerprint density at radius 2 is 1.95 bits per heavy atom. The average Bonchev–Trinajstić information content (AvgIpc) is 2.49. The van der Waals surface area contributed by atoms with E-state index in [1.165, 1.54) is 6.92 Å². The number of amides is 1. The van der Waals surface area contributed by atoms with Gasteiger partial charge in [-0.2, -0.15) is 0 Å². The molecule has 5 nitrogen and oxygen atoms in total. The summed E-state index contributed by atoms with van der Waals surface area (Å²) < 4.78 is 0. The molecule has 1 aromatic heterocycles. The lowest BCUT2D eigenvalue weighted by molar-refractivity contribution is -0.115. The molecular weight excluding hydrogens is 266 g/mol. The summed E-state index contributed by atoms with van der Waals surface area (Å²) in [7, 11) is 0. The van der Waals surface area contributed by atoms with Crippen LogP contribution in [0, 0.1) is 0 Å². The van der Waals surface area contributed by atoms with Crippen LogP contribution < -0.4 is 10.6 Å². The molecule has 2 N–H and O–H groups in total. The molecule has 0 atom stereocenters. The number of ketones is 1. The number of nitrogens with one attached hydrogen (secondary N) is 2. The van der Waals surface area contributed by atoms with Crippen molar-refractivity contribution in [2.24, 2.45) is 0 Å². The van der Waals surface area contributed by atoms with Gasteiger partial charge in [0.05, 0.1) is 11.9 Å². The topological polar surface area (TPSA) is 71.1 Å². The molecule has 0 bridgehead atoms. The minimum atomic E-state index is -0.0719. The van der Waals surface area contributed by atoms with E-state index in [2.05, 4.69) is 15.6 Å². The van der Waals surface area contributed by atoms with E-state index in [4.69, 9.17) is 0 Å². The minimum Gasteiger partial charge on any atom is -0.354 e. The Hall–Kier alpha value is -2.69. The molecule has 1 aromatic carbocycles. The molecule has 1 amide bonds. The number of carbonyl (C=O) groups is 2. The maximum absolute atomic E-state index is 11.3. The van der Waals surface area contributed by atoms with Crippen LogP contribution >= 0.6 is 0 Å². The molecule has 5 heteroatoms. The zero-order chi connectivity index (χ0) is 15.2. The van der Waals surface area contributed by atoms with Crippen molar-refractivity contribution in [2.75, 3.05) is 10.6 Å². The van der Waals surface area contributed by atoms with E-state index in [0.29, 0.717) is 17.8 Å². The van der Waals surface area contributed by atoms with E-state index < -0.39 is 0 Å². The SMILES string of the molecule is CCC(=O)Nc1ccc(Nc2cccc(C(C)=O)c2)cn1. The molecule has 2 aromatic rings. The quantitative estimate of drug-likeness (QED) is 0.825. The van der Waals surface area contributed by atoms with Gasteiger partial charge in [-0.05, 0) is 31.2 Å². The van der Waals surface area contributed by atoms with Gasteiger partial charge >= 0.3 is 0 Å². The molecule has 0 fully saturated rings. The summed E-state index contributed by atoms with van der Waals surface area (Å²) in [5.41, 5.74) is 2.25. The van der Waals surface area contributed by atoms with Gasteiger partial charge in [0.25, 0.3) is 0 Å². The van der Waals surface area contributed by atoms with Crippen molar-refractivity contribution in [3.05, 3.63) is 48.2 Å². The van der Waals surface area contributed by atoms with E-state index in [1.807, 2.05) is 18.2 Å². The van der Waals surface area contributed by atoms with Gasteiger partial charge < -0.3 is 10.6 Å². The van der Waals surface area contributed by atoms with Crippen molar-refractivity contribution >= 4 is 28.9 Å². The first-order chi connectivity index (χ1) is 10.1. The van der Waals surface area contributed by atoms with Crippen molar-refractivity contribution in [1.82, 2.24) is 4.98 Å². The van der Waals surface area contributed by atoms with Crippen LogP contribution in [0.1, 0.15) is 30.6 Å². The Bertz CT molecular complexity index is 651. The molecule has 0 spiro atoms. The zero-order valence-corrected chi connectivity index (χ0v) is 12.0. The number of Topliss-reactive ketones (excluding diaryl/α,β-unsaturated/α-hetero) is 1. The van der Waals surface area contributed by atoms with Crippen LogP contribution in [0.4, 0.5) is 17.2 Å². The third-order valence-corrected chi connectivity index (χ3v) is 2.91. The number of rotatable bonds is 5. The highest BCUT2D eigenvalue weighted by Gasteiger charge is 2.03. The highest BCUT2D eigenvalue weighted by Crippen LogP contribution is 2.18. The molecule has 2 rings (SSSR count). The van der Waals surface area contributed by atoms with Crippen LogP contribution in [0.2, 0.25) is 0 Å². The summed E-state index contributed by atoms with van der Waals surface area (Å²) in [6, 6.07) is 10.8. The maximum Gasteiger partial charge on any atom is 0.225 e. The monoisotopic (exact) mass is 283 g/mol. The molecule has 0 radical (unpaired) electrons. The number of hydrogen-bond acceptors (Lipinski definition) is 4. The van der Waals surface area contributed by atoms with Crippen molar-refractivity contribution in [1.29, 1.82) is 0 Å². The molecule has 0 aliphatic carbocycles. The van der Waals surface area contributed by atoms with E-state index in [-0.39, 0.29) is 11.7 Å². The largest absolute Gasteiger partial charge is 0.354 e. The Labute approximate surface area is 123 Å². The predicted octanol–water partition coefficient (Wildman–Crippen LogP) is 3.38. The lowest BCUT2D eigenvalue weighted by Gasteiger charge is -2.08. The number of hydrogen-bond donors (Lipinski definition) is 2. The van der Waals surface area contributed by atoms with Crippen LogP contribution in [-0.4, -0.2) is 16.7 Å². The van der Waals surface area contributed by atoms with Gasteiger partial charge in [0, 0.05) is 17.7 Å². The van der Waals surface area contributed by atoms with E-state index in [9.17, 15) is 9.59 Å². The fourth-order valence-corrected chi connectivity index (χ4v) is 1.76. The summed E-state index contributed by atoms with van der Waals surface area (Å²) in [4.78, 5) is 26.8. The minimum absolute atomic E-state index is 0.0226. The standard InChI is InChI=1S/C16H17N3O2/c1-3-16(21)19-15-8-7-14(10-17-15)18-13-6-4-5-12(9-13)11(2)20/h4-10,18H,3H2,1-2H3,(H,17,19,21). The van der Waals surface area contributed by atoms with Crippen molar-refractivity contribution < 1.29 is 9.59 Å². The predicted molar refractivity (Wildman–Crippen MR) is 82.9 cm³/mol. The summed E-state index contributed by atoms with van der Waals surface area (Å²) in [6.07, 6.45) is 2.05. The van der Waals surface area contributed by atoms with Gasteiger partial charge in [-0.1, -0.05) is 19.1 Å². The van der Waals surface area contributed by atoms with Gasteiger partial charge in [-0.15, -0.1) is 0 Å². The molecule has 108 valence electrons. The Morgan fingerprint density at radius 3 is 2.57 bits per heavy atom. The first-order valence-electron chi connectivity index (χ1n) is 6.72. The molecule has 0 aliphatic heterocycles. The Kier molecular flexibility index (Phi) is 4.66. The Morgan fingerprint density at radius 1 is 1.14 bits per heavy atom. The normalized spacial score (nSPS) is 10.0. The van der Waals surface area contributed by atoms with Crippen molar-refractivity contribution in [2.45, 2.75) is 20.3 Å². The van der Waals surface area contributed by atoms with Gasteiger partial charge in [0.1, 0.15) is 5.82 Å². The lowest BCUT2D eigenvalue weighted by Crippen LogP contribution is -2.10. The van der Waals surface area contributed by atoms with Crippen molar-refractivity contribution in [3.8, 4) is 0 Å².